The molecule has 2 aromatic heterocycles. The molecule has 0 bridgehead atoms. The molecule has 1 unspecified atom stereocenters. The summed E-state index contributed by atoms with van der Waals surface area (Å²) in [4.78, 5) is 0. The van der Waals surface area contributed by atoms with E-state index in [4.69, 9.17) is 0 Å². The third-order valence-electron chi connectivity index (χ3n) is 12.0. The number of aromatic nitrogens is 1. The number of hydrogen-bond acceptors (Lipinski definition) is 1. The van der Waals surface area contributed by atoms with E-state index in [0.29, 0.717) is 0 Å². The maximum absolute atomic E-state index is 2.52. The Kier molecular flexibility index (Phi) is 6.40. The molecule has 1 nitrogen and oxygen atoms in total. The fourth-order valence-corrected chi connectivity index (χ4v) is 10.8. The molecule has 0 radical (unpaired) electrons. The van der Waals surface area contributed by atoms with E-state index in [0.717, 1.165) is 6.42 Å². The molecule has 0 fully saturated rings. The quantitative estimate of drug-likeness (QED) is 0.173. The summed E-state index contributed by atoms with van der Waals surface area (Å²) >= 11 is 1.94. The van der Waals surface area contributed by atoms with Crippen LogP contribution >= 0.6 is 11.3 Å². The van der Waals surface area contributed by atoms with E-state index >= 15 is 0 Å². The highest BCUT2D eigenvalue weighted by atomic mass is 32.1. The molecule has 2 heteroatoms. The van der Waals surface area contributed by atoms with Crippen LogP contribution in [0.1, 0.15) is 22.6 Å². The van der Waals surface area contributed by atoms with Crippen molar-refractivity contribution < 1.29 is 0 Å². The van der Waals surface area contributed by atoms with Gasteiger partial charge in [-0.3, -0.25) is 0 Å². The number of benzene rings is 9. The molecule has 1 aliphatic carbocycles. The molecule has 1 atom stereocenters. The average molecular weight is 704 g/mol. The summed E-state index contributed by atoms with van der Waals surface area (Å²) in [5.41, 5.74) is 13.2. The summed E-state index contributed by atoms with van der Waals surface area (Å²) in [5.74, 6) is 0.269. The van der Waals surface area contributed by atoms with Gasteiger partial charge in [-0.05, 0) is 104 Å². The molecular weight excluding hydrogens is 671 g/mol. The van der Waals surface area contributed by atoms with Crippen LogP contribution in [0.25, 0.3) is 91.5 Å². The van der Waals surface area contributed by atoms with Crippen LogP contribution in [0.3, 0.4) is 0 Å². The van der Waals surface area contributed by atoms with Crippen LogP contribution in [0.2, 0.25) is 0 Å². The Morgan fingerprint density at radius 3 is 2.07 bits per heavy atom. The molecule has 11 aromatic rings. The molecular formula is C52H33NS. The lowest BCUT2D eigenvalue weighted by Gasteiger charge is -2.30. The van der Waals surface area contributed by atoms with Gasteiger partial charge in [0.05, 0.1) is 11.0 Å². The van der Waals surface area contributed by atoms with Gasteiger partial charge in [-0.2, -0.15) is 0 Å². The van der Waals surface area contributed by atoms with E-state index in [1.807, 2.05) is 11.3 Å². The minimum Gasteiger partial charge on any atom is -0.309 e. The van der Waals surface area contributed by atoms with Crippen LogP contribution < -0.4 is 0 Å². The predicted octanol–water partition coefficient (Wildman–Crippen LogP) is 14.5. The predicted molar refractivity (Wildman–Crippen MR) is 232 cm³/mol. The monoisotopic (exact) mass is 703 g/mol. The van der Waals surface area contributed by atoms with Gasteiger partial charge in [0.2, 0.25) is 0 Å². The summed E-state index contributed by atoms with van der Waals surface area (Å²) < 4.78 is 5.16. The molecule has 9 aromatic carbocycles. The summed E-state index contributed by atoms with van der Waals surface area (Å²) in [6.07, 6.45) is 0.968. The Morgan fingerprint density at radius 1 is 0.444 bits per heavy atom. The molecule has 0 N–H and O–H groups in total. The molecule has 2 heterocycles. The second kappa shape index (κ2) is 11.5. The van der Waals surface area contributed by atoms with Crippen LogP contribution in [0.4, 0.5) is 0 Å². The van der Waals surface area contributed by atoms with Crippen LogP contribution in [0.5, 0.6) is 0 Å². The highest BCUT2D eigenvalue weighted by Gasteiger charge is 2.30. The lowest BCUT2D eigenvalue weighted by atomic mass is 9.73. The zero-order valence-electron chi connectivity index (χ0n) is 29.5. The van der Waals surface area contributed by atoms with Gasteiger partial charge in [-0.1, -0.05) is 140 Å². The highest BCUT2D eigenvalue weighted by molar-refractivity contribution is 7.26. The standard InChI is InChI=1S/C52H33NS/c1-2-14-34-28-36(26-24-32(34)12-1)53-48-22-9-7-19-41(48)46-29-35(25-27-49(46)53)43-30-45-40-18-6-5-17-39(40)44(38-21-11-15-33-13-3-4-16-37(33)38)31-47(45)51-42-20-8-10-23-50(42)54-52(43)51/h1-30,44H,31H2. The molecule has 0 spiro atoms. The Hall–Kier alpha value is -6.48. The fourth-order valence-electron chi connectivity index (χ4n) is 9.56. The van der Waals surface area contributed by atoms with E-state index < -0.39 is 0 Å². The summed E-state index contributed by atoms with van der Waals surface area (Å²) in [5, 5.41) is 10.5. The van der Waals surface area contributed by atoms with Gasteiger partial charge in [0.15, 0.2) is 0 Å². The smallest absolute Gasteiger partial charge is 0.0541 e. The maximum Gasteiger partial charge on any atom is 0.0541 e. The molecule has 0 saturated heterocycles. The minimum atomic E-state index is 0.269. The molecule has 252 valence electrons. The van der Waals surface area contributed by atoms with Crippen LogP contribution in [-0.4, -0.2) is 4.57 Å². The van der Waals surface area contributed by atoms with E-state index in [1.54, 1.807) is 0 Å². The lowest BCUT2D eigenvalue weighted by molar-refractivity contribution is 0.806. The number of hydrogen-bond donors (Lipinski definition) is 0. The van der Waals surface area contributed by atoms with Crippen molar-refractivity contribution in [2.24, 2.45) is 0 Å². The van der Waals surface area contributed by atoms with Crippen molar-refractivity contribution in [3.63, 3.8) is 0 Å². The number of rotatable bonds is 3. The Bertz CT molecular complexity index is 3320. The SMILES string of the molecule is c1ccc2c(c1)-c1cc(-c3ccc4c(c3)c3ccccc3n4-c3ccc4ccccc4c3)c3sc4ccccc4c3c1CC2c1cccc2ccccc12. The van der Waals surface area contributed by atoms with Gasteiger partial charge in [0, 0.05) is 48.1 Å². The highest BCUT2D eigenvalue weighted by Crippen LogP contribution is 2.52. The minimum absolute atomic E-state index is 0.269. The van der Waals surface area contributed by atoms with Crippen LogP contribution in [0, 0.1) is 0 Å². The fraction of sp³-hybridized carbons (Fsp3) is 0.0385. The molecule has 12 rings (SSSR count). The van der Waals surface area contributed by atoms with Crippen molar-refractivity contribution >= 4 is 74.9 Å². The molecule has 54 heavy (non-hydrogen) atoms. The largest absolute Gasteiger partial charge is 0.309 e. The van der Waals surface area contributed by atoms with Gasteiger partial charge >= 0.3 is 0 Å². The summed E-state index contributed by atoms with van der Waals surface area (Å²) in [6.45, 7) is 0. The van der Waals surface area contributed by atoms with E-state index in [2.05, 4.69) is 187 Å². The zero-order valence-corrected chi connectivity index (χ0v) is 30.3. The third kappa shape index (κ3) is 4.32. The van der Waals surface area contributed by atoms with Crippen molar-refractivity contribution in [2.75, 3.05) is 0 Å². The second-order valence-electron chi connectivity index (χ2n) is 14.8. The molecule has 0 aliphatic heterocycles. The van der Waals surface area contributed by atoms with Gasteiger partial charge < -0.3 is 4.57 Å². The average Bonchev–Trinajstić information content (AvgIpc) is 3.79. The van der Waals surface area contributed by atoms with Gasteiger partial charge in [-0.15, -0.1) is 11.3 Å². The Morgan fingerprint density at radius 2 is 1.15 bits per heavy atom. The first-order valence-electron chi connectivity index (χ1n) is 18.9. The Labute approximate surface area is 317 Å². The topological polar surface area (TPSA) is 4.93 Å². The number of para-hydroxylation sites is 1. The lowest BCUT2D eigenvalue weighted by Crippen LogP contribution is -2.13. The normalized spacial score (nSPS) is 14.0. The maximum atomic E-state index is 2.52. The Balaban J connectivity index is 1.11. The summed E-state index contributed by atoms with van der Waals surface area (Å²) in [6, 6.07) is 67.9. The number of thiophene rings is 1. The van der Waals surface area contributed by atoms with Crippen molar-refractivity contribution in [3.05, 3.63) is 199 Å². The van der Waals surface area contributed by atoms with Crippen molar-refractivity contribution in [3.8, 4) is 27.9 Å². The molecule has 0 saturated carbocycles. The van der Waals surface area contributed by atoms with Crippen LogP contribution in [-0.2, 0) is 6.42 Å². The van der Waals surface area contributed by atoms with Gasteiger partial charge in [-0.25, -0.2) is 0 Å². The van der Waals surface area contributed by atoms with Crippen molar-refractivity contribution in [1.82, 2.24) is 4.57 Å². The number of nitrogens with zero attached hydrogens (tertiary/aromatic N) is 1. The first-order chi connectivity index (χ1) is 26.8. The number of fused-ring (bicyclic) bond motifs is 12. The zero-order chi connectivity index (χ0) is 35.3. The van der Waals surface area contributed by atoms with E-state index in [9.17, 15) is 0 Å². The van der Waals surface area contributed by atoms with Crippen molar-refractivity contribution in [2.45, 2.75) is 12.3 Å². The summed E-state index contributed by atoms with van der Waals surface area (Å²) in [7, 11) is 0. The van der Waals surface area contributed by atoms with E-state index in [-0.39, 0.29) is 5.92 Å². The molecule has 0 amide bonds. The molecule has 1 aliphatic rings. The third-order valence-corrected chi connectivity index (χ3v) is 13.2. The van der Waals surface area contributed by atoms with Crippen molar-refractivity contribution in [1.29, 1.82) is 0 Å². The van der Waals surface area contributed by atoms with Gasteiger partial charge in [0.25, 0.3) is 0 Å². The van der Waals surface area contributed by atoms with Gasteiger partial charge in [0.1, 0.15) is 0 Å². The van der Waals surface area contributed by atoms with Crippen LogP contribution in [0.15, 0.2) is 182 Å². The first kappa shape index (κ1) is 30.0. The second-order valence-corrected chi connectivity index (χ2v) is 15.8. The van der Waals surface area contributed by atoms with E-state index in [1.165, 1.54) is 108 Å². The first-order valence-corrected chi connectivity index (χ1v) is 19.7.